The fraction of sp³-hybridized carbons (Fsp3) is 0.867. The van der Waals surface area contributed by atoms with Crippen molar-refractivity contribution in [1.82, 2.24) is 15.1 Å². The first-order chi connectivity index (χ1) is 11.0. The van der Waals surface area contributed by atoms with Crippen LogP contribution in [0.25, 0.3) is 0 Å². The second-order valence-corrected chi connectivity index (χ2v) is 8.98. The Kier molecular flexibility index (Phi) is 4.79. The number of amides is 1. The van der Waals surface area contributed by atoms with Crippen LogP contribution in [0.4, 0.5) is 0 Å². The van der Waals surface area contributed by atoms with E-state index in [0.29, 0.717) is 25.6 Å². The molecule has 0 bridgehead atoms. The minimum Gasteiger partial charge on any atom is -0.353 e. The van der Waals surface area contributed by atoms with Crippen LogP contribution in [0.15, 0.2) is 4.99 Å². The van der Waals surface area contributed by atoms with Crippen LogP contribution in [0.3, 0.4) is 0 Å². The third-order valence-corrected chi connectivity index (χ3v) is 6.57. The molecule has 0 aromatic carbocycles. The van der Waals surface area contributed by atoms with Gasteiger partial charge in [-0.15, -0.1) is 0 Å². The molecule has 130 valence electrons. The van der Waals surface area contributed by atoms with E-state index in [1.54, 1.807) is 0 Å². The van der Waals surface area contributed by atoms with E-state index in [2.05, 4.69) is 10.3 Å². The Morgan fingerprint density at radius 3 is 2.65 bits per heavy atom. The minimum absolute atomic E-state index is 0.114. The average molecular weight is 342 g/mol. The van der Waals surface area contributed by atoms with Gasteiger partial charge in [-0.3, -0.25) is 9.79 Å². The van der Waals surface area contributed by atoms with Crippen LogP contribution in [0.5, 0.6) is 0 Å². The first-order valence-corrected chi connectivity index (χ1v) is 10.3. The standard InChI is InChI=1S/C15H26N4O3S/c1-2-18-6-7-19(10-14(18)20)15(17-13-3-4-13)16-9-12-5-8-23(21,22)11-12/h12-13H,2-11H2,1H3,(H,16,17). The largest absolute Gasteiger partial charge is 0.353 e. The van der Waals surface area contributed by atoms with Gasteiger partial charge in [-0.1, -0.05) is 0 Å². The average Bonchev–Trinajstić information content (AvgIpc) is 3.26. The number of aliphatic imine (C=N–C) groups is 1. The van der Waals surface area contributed by atoms with Crippen molar-refractivity contribution >= 4 is 21.7 Å². The lowest BCUT2D eigenvalue weighted by Crippen LogP contribution is -2.55. The SMILES string of the molecule is CCN1CCN(C(=NCC2CCS(=O)(=O)C2)NC2CC2)CC1=O. The highest BCUT2D eigenvalue weighted by Crippen LogP contribution is 2.21. The van der Waals surface area contributed by atoms with Gasteiger partial charge in [0.2, 0.25) is 5.91 Å². The highest BCUT2D eigenvalue weighted by molar-refractivity contribution is 7.91. The van der Waals surface area contributed by atoms with Crippen LogP contribution in [-0.2, 0) is 14.6 Å². The van der Waals surface area contributed by atoms with Crippen LogP contribution < -0.4 is 5.32 Å². The van der Waals surface area contributed by atoms with Crippen LogP contribution >= 0.6 is 0 Å². The third kappa shape index (κ3) is 4.37. The number of guanidine groups is 1. The number of rotatable bonds is 4. The summed E-state index contributed by atoms with van der Waals surface area (Å²) in [6, 6.07) is 0.459. The zero-order chi connectivity index (χ0) is 16.4. The lowest BCUT2D eigenvalue weighted by molar-refractivity contribution is -0.134. The number of likely N-dealkylation sites (N-methyl/N-ethyl adjacent to an activating group) is 1. The van der Waals surface area contributed by atoms with Gasteiger partial charge in [0.1, 0.15) is 0 Å². The molecule has 1 amide bonds. The Balaban J connectivity index is 1.63. The highest BCUT2D eigenvalue weighted by atomic mass is 32.2. The summed E-state index contributed by atoms with van der Waals surface area (Å²) in [6.07, 6.45) is 2.98. The zero-order valence-corrected chi connectivity index (χ0v) is 14.5. The number of hydrogen-bond acceptors (Lipinski definition) is 4. The van der Waals surface area contributed by atoms with Crippen molar-refractivity contribution in [3.8, 4) is 0 Å². The zero-order valence-electron chi connectivity index (χ0n) is 13.7. The normalized spacial score (nSPS) is 28.3. The number of sulfone groups is 1. The molecule has 3 fully saturated rings. The van der Waals surface area contributed by atoms with Gasteiger partial charge >= 0.3 is 0 Å². The summed E-state index contributed by atoms with van der Waals surface area (Å²) in [6.45, 7) is 5.12. The summed E-state index contributed by atoms with van der Waals surface area (Å²) in [7, 11) is -2.86. The Morgan fingerprint density at radius 1 is 1.30 bits per heavy atom. The van der Waals surface area contributed by atoms with Gasteiger partial charge in [-0.05, 0) is 32.1 Å². The van der Waals surface area contributed by atoms with E-state index in [1.807, 2.05) is 16.7 Å². The monoisotopic (exact) mass is 342 g/mol. The molecular formula is C15H26N4O3S. The fourth-order valence-corrected chi connectivity index (χ4v) is 4.95. The Morgan fingerprint density at radius 2 is 2.09 bits per heavy atom. The van der Waals surface area contributed by atoms with Crippen molar-refractivity contribution < 1.29 is 13.2 Å². The van der Waals surface area contributed by atoms with Crippen molar-refractivity contribution in [3.05, 3.63) is 0 Å². The molecule has 8 heteroatoms. The summed E-state index contributed by atoms with van der Waals surface area (Å²) in [5.74, 6) is 1.55. The highest BCUT2D eigenvalue weighted by Gasteiger charge is 2.31. The Hall–Kier alpha value is -1.31. The maximum Gasteiger partial charge on any atom is 0.242 e. The maximum atomic E-state index is 12.1. The quantitative estimate of drug-likeness (QED) is 0.560. The molecule has 7 nitrogen and oxygen atoms in total. The molecule has 0 spiro atoms. The van der Waals surface area contributed by atoms with Crippen molar-refractivity contribution in [2.75, 3.05) is 44.2 Å². The van der Waals surface area contributed by atoms with Gasteiger partial charge in [0.25, 0.3) is 0 Å². The summed E-state index contributed by atoms with van der Waals surface area (Å²) in [4.78, 5) is 20.6. The molecule has 0 radical (unpaired) electrons. The summed E-state index contributed by atoms with van der Waals surface area (Å²) in [5, 5.41) is 3.41. The molecule has 1 aliphatic carbocycles. The smallest absolute Gasteiger partial charge is 0.242 e. The number of carbonyl (C=O) groups is 1. The van der Waals surface area contributed by atoms with Crippen molar-refractivity contribution in [1.29, 1.82) is 0 Å². The van der Waals surface area contributed by atoms with Gasteiger partial charge in [-0.2, -0.15) is 0 Å². The number of nitrogens with one attached hydrogen (secondary N) is 1. The van der Waals surface area contributed by atoms with Crippen LogP contribution in [0.2, 0.25) is 0 Å². The third-order valence-electron chi connectivity index (χ3n) is 4.74. The number of piperazine rings is 1. The fourth-order valence-electron chi connectivity index (χ4n) is 3.10. The number of nitrogens with zero attached hydrogens (tertiary/aromatic N) is 3. The first kappa shape index (κ1) is 16.5. The van der Waals surface area contributed by atoms with E-state index in [4.69, 9.17) is 0 Å². The van der Waals surface area contributed by atoms with Crippen LogP contribution in [0, 0.1) is 5.92 Å². The van der Waals surface area contributed by atoms with Crippen LogP contribution in [0.1, 0.15) is 26.2 Å². The molecular weight excluding hydrogens is 316 g/mol. The second-order valence-electron chi connectivity index (χ2n) is 6.75. The van der Waals surface area contributed by atoms with Gasteiger partial charge < -0.3 is 15.1 Å². The topological polar surface area (TPSA) is 82.1 Å². The van der Waals surface area contributed by atoms with Crippen molar-refractivity contribution in [2.24, 2.45) is 10.9 Å². The molecule has 2 saturated heterocycles. The molecule has 2 heterocycles. The van der Waals surface area contributed by atoms with Gasteiger partial charge in [0, 0.05) is 32.2 Å². The van der Waals surface area contributed by atoms with E-state index in [0.717, 1.165) is 38.4 Å². The number of hydrogen-bond donors (Lipinski definition) is 1. The summed E-state index contributed by atoms with van der Waals surface area (Å²) < 4.78 is 23.1. The van der Waals surface area contributed by atoms with Crippen molar-refractivity contribution in [3.63, 3.8) is 0 Å². The van der Waals surface area contributed by atoms with E-state index in [1.165, 1.54) is 0 Å². The Bertz CT molecular complexity index is 586. The molecule has 3 aliphatic rings. The lowest BCUT2D eigenvalue weighted by Gasteiger charge is -2.35. The molecule has 1 N–H and O–H groups in total. The second kappa shape index (κ2) is 6.67. The summed E-state index contributed by atoms with van der Waals surface area (Å²) >= 11 is 0. The van der Waals surface area contributed by atoms with Gasteiger partial charge in [-0.25, -0.2) is 8.42 Å². The maximum absolute atomic E-state index is 12.1. The summed E-state index contributed by atoms with van der Waals surface area (Å²) in [5.41, 5.74) is 0. The molecule has 1 saturated carbocycles. The predicted molar refractivity (Wildman–Crippen MR) is 89.0 cm³/mol. The van der Waals surface area contributed by atoms with Gasteiger partial charge in [0.05, 0.1) is 18.1 Å². The molecule has 0 aromatic heterocycles. The molecule has 23 heavy (non-hydrogen) atoms. The van der Waals surface area contributed by atoms with Gasteiger partial charge in [0.15, 0.2) is 15.8 Å². The van der Waals surface area contributed by atoms with E-state index < -0.39 is 9.84 Å². The van der Waals surface area contributed by atoms with Crippen LogP contribution in [-0.4, -0.2) is 80.4 Å². The van der Waals surface area contributed by atoms with E-state index >= 15 is 0 Å². The predicted octanol–water partition coefficient (Wildman–Crippen LogP) is -0.307. The molecule has 1 unspecified atom stereocenters. The van der Waals surface area contributed by atoms with E-state index in [9.17, 15) is 13.2 Å². The molecule has 2 aliphatic heterocycles. The lowest BCUT2D eigenvalue weighted by atomic mass is 10.1. The van der Waals surface area contributed by atoms with E-state index in [-0.39, 0.29) is 23.3 Å². The minimum atomic E-state index is -2.86. The number of carbonyl (C=O) groups excluding carboxylic acids is 1. The Labute approximate surface area is 138 Å². The molecule has 0 aromatic rings. The first-order valence-electron chi connectivity index (χ1n) is 8.51. The van der Waals surface area contributed by atoms with Crippen molar-refractivity contribution in [2.45, 2.75) is 32.2 Å². The molecule has 1 atom stereocenters. The molecule has 3 rings (SSSR count).